The predicted octanol–water partition coefficient (Wildman–Crippen LogP) is 1.08. The molecule has 6 heteroatoms. The Labute approximate surface area is 126 Å². The van der Waals surface area contributed by atoms with Gasteiger partial charge in [0.2, 0.25) is 5.91 Å². The highest BCUT2D eigenvalue weighted by atomic mass is 79.9. The molecule has 1 N–H and O–H groups in total. The van der Waals surface area contributed by atoms with Crippen molar-refractivity contribution in [1.29, 1.82) is 0 Å². The van der Waals surface area contributed by atoms with Crippen LogP contribution in [0.5, 0.6) is 0 Å². The number of nitrogens with zero attached hydrogens (tertiary/aromatic N) is 1. The zero-order chi connectivity index (χ0) is 14.5. The number of carbonyl (C=O) groups is 2. The maximum absolute atomic E-state index is 12.3. The highest BCUT2D eigenvalue weighted by Crippen LogP contribution is 2.14. The van der Waals surface area contributed by atoms with E-state index in [0.717, 1.165) is 4.47 Å². The number of halogens is 1. The van der Waals surface area contributed by atoms with Gasteiger partial charge in [-0.3, -0.25) is 14.5 Å². The Hall–Kier alpha value is -1.24. The third-order valence-electron chi connectivity index (χ3n) is 3.28. The molecule has 108 valence electrons. The molecule has 1 amide bonds. The molecule has 1 aliphatic heterocycles. The lowest BCUT2D eigenvalue weighted by atomic mass is 10.1. The fourth-order valence-electron chi connectivity index (χ4n) is 2.17. The highest BCUT2D eigenvalue weighted by molar-refractivity contribution is 9.10. The number of benzene rings is 1. The van der Waals surface area contributed by atoms with Crippen molar-refractivity contribution in [3.05, 3.63) is 34.3 Å². The first-order valence-corrected chi connectivity index (χ1v) is 7.23. The van der Waals surface area contributed by atoms with E-state index < -0.39 is 6.04 Å². The summed E-state index contributed by atoms with van der Waals surface area (Å²) in [7, 11) is 1.59. The van der Waals surface area contributed by atoms with Gasteiger partial charge in [-0.25, -0.2) is 0 Å². The van der Waals surface area contributed by atoms with E-state index in [0.29, 0.717) is 25.3 Å². The second kappa shape index (κ2) is 6.97. The van der Waals surface area contributed by atoms with Gasteiger partial charge in [-0.2, -0.15) is 0 Å². The average Bonchev–Trinajstić information content (AvgIpc) is 2.47. The lowest BCUT2D eigenvalue weighted by Gasteiger charge is -2.33. The molecule has 0 aromatic heterocycles. The molecular weight excluding hydrogens is 324 g/mol. The van der Waals surface area contributed by atoms with Gasteiger partial charge >= 0.3 is 0 Å². The molecule has 0 aliphatic carbocycles. The molecule has 0 saturated carbocycles. The molecule has 1 saturated heterocycles. The summed E-state index contributed by atoms with van der Waals surface area (Å²) in [4.78, 5) is 26.0. The number of carbonyl (C=O) groups excluding carboxylic acids is 2. The molecule has 2 rings (SSSR count). The van der Waals surface area contributed by atoms with E-state index in [2.05, 4.69) is 21.2 Å². The molecule has 1 atom stereocenters. The first-order valence-electron chi connectivity index (χ1n) is 6.44. The van der Waals surface area contributed by atoms with Crippen LogP contribution in [0.1, 0.15) is 10.4 Å². The minimum Gasteiger partial charge on any atom is -0.378 e. The van der Waals surface area contributed by atoms with Gasteiger partial charge in [0, 0.05) is 23.6 Å². The smallest absolute Gasteiger partial charge is 0.239 e. The zero-order valence-corrected chi connectivity index (χ0v) is 12.9. The minimum atomic E-state index is -0.398. The Morgan fingerprint density at radius 3 is 3.00 bits per heavy atom. The maximum Gasteiger partial charge on any atom is 0.239 e. The zero-order valence-electron chi connectivity index (χ0n) is 11.3. The molecule has 20 heavy (non-hydrogen) atoms. The SMILES string of the molecule is CNC(=O)C1COCCN1CC(=O)c1cccc(Br)c1. The second-order valence-corrected chi connectivity index (χ2v) is 5.52. The van der Waals surface area contributed by atoms with Crippen LogP contribution in [0.25, 0.3) is 0 Å². The van der Waals surface area contributed by atoms with Gasteiger partial charge < -0.3 is 10.1 Å². The van der Waals surface area contributed by atoms with Crippen molar-refractivity contribution < 1.29 is 14.3 Å². The summed E-state index contributed by atoms with van der Waals surface area (Å²) in [6, 6.07) is 6.87. The lowest BCUT2D eigenvalue weighted by molar-refractivity contribution is -0.131. The normalized spacial score (nSPS) is 19.6. The quantitative estimate of drug-likeness (QED) is 0.833. The molecule has 0 radical (unpaired) electrons. The Bertz CT molecular complexity index is 507. The third-order valence-corrected chi connectivity index (χ3v) is 3.77. The fourth-order valence-corrected chi connectivity index (χ4v) is 2.57. The summed E-state index contributed by atoms with van der Waals surface area (Å²) in [6.45, 7) is 1.67. The number of Topliss-reactive ketones (excluding diaryl/α,β-unsaturated/α-hetero) is 1. The van der Waals surface area contributed by atoms with E-state index >= 15 is 0 Å². The van der Waals surface area contributed by atoms with E-state index in [9.17, 15) is 9.59 Å². The van der Waals surface area contributed by atoms with Crippen molar-refractivity contribution >= 4 is 27.6 Å². The van der Waals surface area contributed by atoms with Gasteiger partial charge in [-0.1, -0.05) is 28.1 Å². The van der Waals surface area contributed by atoms with Crippen LogP contribution in [0, 0.1) is 0 Å². The summed E-state index contributed by atoms with van der Waals surface area (Å²) in [5, 5.41) is 2.61. The van der Waals surface area contributed by atoms with Gasteiger partial charge in [0.25, 0.3) is 0 Å². The van der Waals surface area contributed by atoms with Crippen molar-refractivity contribution in [3.63, 3.8) is 0 Å². The van der Waals surface area contributed by atoms with Crippen molar-refractivity contribution in [3.8, 4) is 0 Å². The molecule has 1 aromatic rings. The monoisotopic (exact) mass is 340 g/mol. The number of nitrogens with one attached hydrogen (secondary N) is 1. The Morgan fingerprint density at radius 1 is 1.50 bits per heavy atom. The number of rotatable bonds is 4. The Kier molecular flexibility index (Phi) is 5.28. The number of ether oxygens (including phenoxy) is 1. The number of morpholine rings is 1. The van der Waals surface area contributed by atoms with Gasteiger partial charge in [0.1, 0.15) is 6.04 Å². The molecule has 1 fully saturated rings. The van der Waals surface area contributed by atoms with Crippen LogP contribution in [0.2, 0.25) is 0 Å². The van der Waals surface area contributed by atoms with Crippen molar-refractivity contribution in [2.45, 2.75) is 6.04 Å². The van der Waals surface area contributed by atoms with Gasteiger partial charge in [0.15, 0.2) is 5.78 Å². The topological polar surface area (TPSA) is 58.6 Å². The number of amides is 1. The van der Waals surface area contributed by atoms with Crippen LogP contribution in [-0.2, 0) is 9.53 Å². The number of hydrogen-bond donors (Lipinski definition) is 1. The van der Waals surface area contributed by atoms with Gasteiger partial charge in [0.05, 0.1) is 19.8 Å². The molecule has 1 unspecified atom stereocenters. The van der Waals surface area contributed by atoms with Crippen molar-refractivity contribution in [1.82, 2.24) is 10.2 Å². The minimum absolute atomic E-state index is 0.00195. The molecule has 0 bridgehead atoms. The maximum atomic E-state index is 12.3. The standard InChI is InChI=1S/C14H17BrN2O3/c1-16-14(19)12-9-20-6-5-17(12)8-13(18)10-3-2-4-11(15)7-10/h2-4,7,12H,5-6,8-9H2,1H3,(H,16,19). The van der Waals surface area contributed by atoms with Crippen LogP contribution in [0.3, 0.4) is 0 Å². The van der Waals surface area contributed by atoms with E-state index in [4.69, 9.17) is 4.74 Å². The van der Waals surface area contributed by atoms with Gasteiger partial charge in [-0.15, -0.1) is 0 Å². The second-order valence-electron chi connectivity index (χ2n) is 4.61. The molecule has 5 nitrogen and oxygen atoms in total. The molecular formula is C14H17BrN2O3. The predicted molar refractivity (Wildman–Crippen MR) is 78.7 cm³/mol. The van der Waals surface area contributed by atoms with Crippen LogP contribution in [-0.4, -0.2) is 56.0 Å². The average molecular weight is 341 g/mol. The summed E-state index contributed by atoms with van der Waals surface area (Å²) in [5.41, 5.74) is 0.640. The van der Waals surface area contributed by atoms with Crippen LogP contribution < -0.4 is 5.32 Å². The van der Waals surface area contributed by atoms with Gasteiger partial charge in [-0.05, 0) is 12.1 Å². The summed E-state index contributed by atoms with van der Waals surface area (Å²) < 4.78 is 6.19. The Balaban J connectivity index is 2.07. The van der Waals surface area contributed by atoms with E-state index in [1.807, 2.05) is 17.0 Å². The van der Waals surface area contributed by atoms with E-state index in [1.165, 1.54) is 0 Å². The number of hydrogen-bond acceptors (Lipinski definition) is 4. The number of likely N-dealkylation sites (N-methyl/N-ethyl adjacent to an activating group) is 1. The fraction of sp³-hybridized carbons (Fsp3) is 0.429. The summed E-state index contributed by atoms with van der Waals surface area (Å²) in [6.07, 6.45) is 0. The summed E-state index contributed by atoms with van der Waals surface area (Å²) in [5.74, 6) is -0.117. The lowest BCUT2D eigenvalue weighted by Crippen LogP contribution is -2.54. The molecule has 0 spiro atoms. The molecule has 1 aromatic carbocycles. The third kappa shape index (κ3) is 3.65. The van der Waals surface area contributed by atoms with Crippen LogP contribution in [0.4, 0.5) is 0 Å². The highest BCUT2D eigenvalue weighted by Gasteiger charge is 2.30. The van der Waals surface area contributed by atoms with Crippen LogP contribution >= 0.6 is 15.9 Å². The van der Waals surface area contributed by atoms with Crippen LogP contribution in [0.15, 0.2) is 28.7 Å². The van der Waals surface area contributed by atoms with Crippen molar-refractivity contribution in [2.75, 3.05) is 33.4 Å². The first-order chi connectivity index (χ1) is 9.61. The Morgan fingerprint density at radius 2 is 2.30 bits per heavy atom. The molecule has 1 aliphatic rings. The summed E-state index contributed by atoms with van der Waals surface area (Å²) >= 11 is 3.35. The van der Waals surface area contributed by atoms with E-state index in [1.54, 1.807) is 19.2 Å². The van der Waals surface area contributed by atoms with Crippen molar-refractivity contribution in [2.24, 2.45) is 0 Å². The number of ketones is 1. The van der Waals surface area contributed by atoms with E-state index in [-0.39, 0.29) is 18.2 Å². The molecule has 1 heterocycles. The first kappa shape index (κ1) is 15.2. The largest absolute Gasteiger partial charge is 0.378 e.